The van der Waals surface area contributed by atoms with Crippen molar-refractivity contribution in [2.75, 3.05) is 17.3 Å². The summed E-state index contributed by atoms with van der Waals surface area (Å²) < 4.78 is 45.9. The molecule has 7 nitrogen and oxygen atoms in total. The van der Waals surface area contributed by atoms with Gasteiger partial charge in [0.15, 0.2) is 15.4 Å². The van der Waals surface area contributed by atoms with Crippen LogP contribution in [0, 0.1) is 25.6 Å². The van der Waals surface area contributed by atoms with E-state index < -0.39 is 26.8 Å². The molecule has 0 saturated carbocycles. The molecule has 0 saturated heterocycles. The average molecular weight is 513 g/mol. The normalized spacial score (nSPS) is 16.4. The summed E-state index contributed by atoms with van der Waals surface area (Å²) in [4.78, 5) is 26.5. The first-order valence-electron chi connectivity index (χ1n) is 11.6. The minimum Gasteiger partial charge on any atom is -0.421 e. The van der Waals surface area contributed by atoms with Crippen molar-refractivity contribution in [2.45, 2.75) is 34.1 Å². The molecule has 1 atom stereocenters. The van der Waals surface area contributed by atoms with Crippen LogP contribution in [0.1, 0.15) is 37.1 Å². The van der Waals surface area contributed by atoms with Gasteiger partial charge in [-0.05, 0) is 62.0 Å². The van der Waals surface area contributed by atoms with Crippen LogP contribution < -0.4 is 16.5 Å². The van der Waals surface area contributed by atoms with Crippen molar-refractivity contribution in [1.29, 1.82) is 0 Å². The van der Waals surface area contributed by atoms with Crippen molar-refractivity contribution in [3.05, 3.63) is 84.9 Å². The fraction of sp³-hybridized carbons (Fsp3) is 0.333. The largest absolute Gasteiger partial charge is 0.421 e. The highest BCUT2D eigenvalue weighted by atomic mass is 32.2. The van der Waals surface area contributed by atoms with Crippen molar-refractivity contribution >= 4 is 37.8 Å². The summed E-state index contributed by atoms with van der Waals surface area (Å²) in [5.74, 6) is -0.666. The fourth-order valence-corrected chi connectivity index (χ4v) is 5.74. The van der Waals surface area contributed by atoms with Gasteiger partial charge in [0.1, 0.15) is 11.2 Å². The highest BCUT2D eigenvalue weighted by Gasteiger charge is 2.29. The second kappa shape index (κ2) is 9.20. The number of aromatic nitrogens is 1. The van der Waals surface area contributed by atoms with Gasteiger partial charge >= 0.3 is 5.63 Å². The van der Waals surface area contributed by atoms with Crippen LogP contribution in [0.25, 0.3) is 16.5 Å². The van der Waals surface area contributed by atoms with E-state index >= 15 is 0 Å². The molecule has 1 aliphatic rings. The van der Waals surface area contributed by atoms with E-state index in [0.717, 1.165) is 11.1 Å². The van der Waals surface area contributed by atoms with Crippen molar-refractivity contribution in [3.8, 4) is 0 Å². The van der Waals surface area contributed by atoms with Crippen molar-refractivity contribution in [3.63, 3.8) is 0 Å². The van der Waals surface area contributed by atoms with Crippen molar-refractivity contribution in [1.82, 2.24) is 4.57 Å². The molecule has 2 heterocycles. The topological polar surface area (TPSA) is 98.4 Å². The Bertz CT molecular complexity index is 1690. The van der Waals surface area contributed by atoms with Gasteiger partial charge in [-0.25, -0.2) is 17.6 Å². The molecule has 0 fully saturated rings. The van der Waals surface area contributed by atoms with Crippen LogP contribution in [-0.2, 0) is 16.9 Å². The van der Waals surface area contributed by atoms with Gasteiger partial charge in [-0.3, -0.25) is 4.79 Å². The van der Waals surface area contributed by atoms with Gasteiger partial charge in [-0.1, -0.05) is 25.1 Å². The van der Waals surface area contributed by atoms with Crippen LogP contribution in [0.15, 0.2) is 55.5 Å². The van der Waals surface area contributed by atoms with E-state index in [1.54, 1.807) is 26.1 Å². The minimum absolute atomic E-state index is 0.0257. The standard InChI is InChI=1S/C27H29FN2O5S/c1-14-11-12-18(13-36(6,33)34)15(2)21(14)22-17(4)30(5)26(31)23-24(16(3)27(32)35-25(22)23)29-20-10-8-7-9-19(20)28/h7-10,12,14,29H,11,13H2,1-6H3. The maximum Gasteiger partial charge on any atom is 0.341 e. The maximum atomic E-state index is 14.5. The van der Waals surface area contributed by atoms with E-state index in [4.69, 9.17) is 4.42 Å². The van der Waals surface area contributed by atoms with Gasteiger partial charge in [-0.2, -0.15) is 0 Å². The molecule has 0 aliphatic heterocycles. The Morgan fingerprint density at radius 3 is 2.47 bits per heavy atom. The van der Waals surface area contributed by atoms with Gasteiger partial charge in [-0.15, -0.1) is 0 Å². The Kier molecular flexibility index (Phi) is 6.55. The lowest BCUT2D eigenvalue weighted by Gasteiger charge is -2.27. The molecule has 1 unspecified atom stereocenters. The van der Waals surface area contributed by atoms with E-state index in [2.05, 4.69) is 5.32 Å². The van der Waals surface area contributed by atoms with E-state index in [1.807, 2.05) is 19.9 Å². The number of fused-ring (bicyclic) bond motifs is 1. The monoisotopic (exact) mass is 512 g/mol. The summed E-state index contributed by atoms with van der Waals surface area (Å²) >= 11 is 0. The van der Waals surface area contributed by atoms with Crippen LogP contribution in [0.5, 0.6) is 0 Å². The predicted molar refractivity (Wildman–Crippen MR) is 141 cm³/mol. The SMILES string of the molecule is CC1=C(c2c(C)n(C)c(=O)c3c(Nc4ccccc4F)c(C)c(=O)oc23)C(C)CC=C1CS(C)(=O)=O. The minimum atomic E-state index is -3.28. The van der Waals surface area contributed by atoms with Crippen LogP contribution in [-0.4, -0.2) is 25.0 Å². The summed E-state index contributed by atoms with van der Waals surface area (Å²) in [5.41, 5.74) is 2.94. The second-order valence-electron chi connectivity index (χ2n) is 9.50. The zero-order chi connectivity index (χ0) is 26.5. The van der Waals surface area contributed by atoms with Crippen molar-refractivity contribution in [2.24, 2.45) is 13.0 Å². The number of benzene rings is 1. The zero-order valence-corrected chi connectivity index (χ0v) is 22.0. The summed E-state index contributed by atoms with van der Waals surface area (Å²) in [6, 6.07) is 6.00. The highest BCUT2D eigenvalue weighted by Crippen LogP contribution is 2.41. The molecule has 0 amide bonds. The third-order valence-corrected chi connectivity index (χ3v) is 7.72. The van der Waals surface area contributed by atoms with Gasteiger partial charge in [0, 0.05) is 24.6 Å². The number of pyridine rings is 1. The summed E-state index contributed by atoms with van der Waals surface area (Å²) in [6.45, 7) is 7.15. The van der Waals surface area contributed by atoms with E-state index in [-0.39, 0.29) is 39.6 Å². The molecule has 1 aliphatic carbocycles. The Labute approximate surface area is 208 Å². The summed E-state index contributed by atoms with van der Waals surface area (Å²) in [6.07, 6.45) is 3.71. The molecule has 0 spiro atoms. The van der Waals surface area contributed by atoms with Crippen LogP contribution in [0.2, 0.25) is 0 Å². The van der Waals surface area contributed by atoms with E-state index in [9.17, 15) is 22.4 Å². The fourth-order valence-electron chi connectivity index (χ4n) is 4.84. The molecule has 3 aromatic rings. The van der Waals surface area contributed by atoms with Crippen LogP contribution >= 0.6 is 0 Å². The quantitative estimate of drug-likeness (QED) is 0.529. The smallest absolute Gasteiger partial charge is 0.341 e. The third-order valence-electron chi connectivity index (χ3n) is 6.88. The van der Waals surface area contributed by atoms with Gasteiger partial charge < -0.3 is 14.3 Å². The molecule has 0 bridgehead atoms. The molecule has 1 N–H and O–H groups in total. The van der Waals surface area contributed by atoms with Crippen LogP contribution in [0.3, 0.4) is 0 Å². The predicted octanol–water partition coefficient (Wildman–Crippen LogP) is 4.78. The highest BCUT2D eigenvalue weighted by molar-refractivity contribution is 7.90. The number of hydrogen-bond acceptors (Lipinski definition) is 6. The number of rotatable bonds is 5. The lowest BCUT2D eigenvalue weighted by molar-refractivity contribution is 0.551. The first-order chi connectivity index (χ1) is 16.8. The summed E-state index contributed by atoms with van der Waals surface area (Å²) in [5, 5.41) is 3.08. The first kappa shape index (κ1) is 25.6. The number of anilines is 2. The number of nitrogens with zero attached hydrogens (tertiary/aromatic N) is 1. The number of hydrogen-bond donors (Lipinski definition) is 1. The molecule has 0 radical (unpaired) electrons. The van der Waals surface area contributed by atoms with Gasteiger partial charge in [0.25, 0.3) is 5.56 Å². The Hall–Kier alpha value is -3.46. The van der Waals surface area contributed by atoms with Gasteiger partial charge in [0.2, 0.25) is 0 Å². The van der Waals surface area contributed by atoms with Crippen molar-refractivity contribution < 1.29 is 17.2 Å². The number of nitrogens with one attached hydrogen (secondary N) is 1. The second-order valence-corrected chi connectivity index (χ2v) is 11.6. The Morgan fingerprint density at radius 1 is 1.17 bits per heavy atom. The lowest BCUT2D eigenvalue weighted by atomic mass is 9.80. The molecule has 1 aromatic carbocycles. The third kappa shape index (κ3) is 4.43. The maximum absolute atomic E-state index is 14.5. The number of halogens is 1. The van der Waals surface area contributed by atoms with Gasteiger partial charge in [0.05, 0.1) is 22.7 Å². The van der Waals surface area contributed by atoms with E-state index in [0.29, 0.717) is 23.3 Å². The summed E-state index contributed by atoms with van der Waals surface area (Å²) in [7, 11) is -1.65. The molecule has 9 heteroatoms. The molecular formula is C27H29FN2O5S. The number of allylic oxidation sites excluding steroid dienone is 3. The zero-order valence-electron chi connectivity index (χ0n) is 21.2. The van der Waals surface area contributed by atoms with Crippen LogP contribution in [0.4, 0.5) is 15.8 Å². The molecule has 190 valence electrons. The molecular weight excluding hydrogens is 483 g/mol. The van der Waals surface area contributed by atoms with E-state index in [1.165, 1.54) is 29.9 Å². The average Bonchev–Trinajstić information content (AvgIpc) is 2.80. The molecule has 4 rings (SSSR count). The number of para-hydroxylation sites is 1. The first-order valence-corrected chi connectivity index (χ1v) is 13.6. The lowest BCUT2D eigenvalue weighted by Crippen LogP contribution is -2.25. The Balaban J connectivity index is 2.11. The molecule has 2 aromatic heterocycles. The number of sulfone groups is 1. The molecule has 36 heavy (non-hydrogen) atoms. The Morgan fingerprint density at radius 2 is 1.83 bits per heavy atom.